The van der Waals surface area contributed by atoms with Crippen LogP contribution in [0.15, 0.2) is 67.0 Å². The van der Waals surface area contributed by atoms with Gasteiger partial charge in [0, 0.05) is 23.7 Å². The molecule has 0 unspecified atom stereocenters. The minimum absolute atomic E-state index is 0. The van der Waals surface area contributed by atoms with Crippen molar-refractivity contribution in [2.75, 3.05) is 11.4 Å². The Labute approximate surface area is 141 Å². The van der Waals surface area contributed by atoms with Gasteiger partial charge >= 0.3 is 0 Å². The summed E-state index contributed by atoms with van der Waals surface area (Å²) in [6.45, 7) is 1.16. The van der Waals surface area contributed by atoms with Crippen LogP contribution in [0.25, 0.3) is 10.8 Å². The predicted octanol–water partition coefficient (Wildman–Crippen LogP) is -0.279. The van der Waals surface area contributed by atoms with Crippen LogP contribution in [0.3, 0.4) is 0 Å². The summed E-state index contributed by atoms with van der Waals surface area (Å²) in [6, 6.07) is 18.4. The highest BCUT2D eigenvalue weighted by molar-refractivity contribution is 5.94. The molecule has 116 valence electrons. The summed E-state index contributed by atoms with van der Waals surface area (Å²) in [4.78, 5) is 14.5. The smallest absolute Gasteiger partial charge is 0.292 e. The number of rotatable bonds is 2. The van der Waals surface area contributed by atoms with Gasteiger partial charge in [0.15, 0.2) is 12.4 Å². The van der Waals surface area contributed by atoms with Crippen molar-refractivity contribution in [1.82, 2.24) is 0 Å². The molecule has 3 aromatic rings. The van der Waals surface area contributed by atoms with Crippen molar-refractivity contribution < 1.29 is 21.8 Å². The maximum Gasteiger partial charge on any atom is 0.292 e. The molecule has 1 aliphatic rings. The van der Waals surface area contributed by atoms with Crippen molar-refractivity contribution in [1.29, 1.82) is 0 Å². The summed E-state index contributed by atoms with van der Waals surface area (Å²) in [5, 5.41) is 2.34. The number of pyridine rings is 1. The molecular formula is C19H17ClN2O. The predicted molar refractivity (Wildman–Crippen MR) is 86.6 cm³/mol. The first-order valence-corrected chi connectivity index (χ1v) is 7.57. The monoisotopic (exact) mass is 324 g/mol. The Kier molecular flexibility index (Phi) is 4.30. The van der Waals surface area contributed by atoms with E-state index in [9.17, 15) is 4.79 Å². The van der Waals surface area contributed by atoms with Crippen molar-refractivity contribution >= 4 is 22.4 Å². The number of halogens is 1. The number of fused-ring (bicyclic) bond motifs is 2. The zero-order chi connectivity index (χ0) is 14.9. The fraction of sp³-hybridized carbons (Fsp3) is 0.158. The molecule has 0 saturated carbocycles. The fourth-order valence-corrected chi connectivity index (χ4v) is 3.12. The highest BCUT2D eigenvalue weighted by Gasteiger charge is 2.26. The third kappa shape index (κ3) is 2.92. The highest BCUT2D eigenvalue weighted by Crippen LogP contribution is 2.27. The van der Waals surface area contributed by atoms with Crippen molar-refractivity contribution in [3.8, 4) is 0 Å². The third-order valence-electron chi connectivity index (χ3n) is 4.25. The molecule has 0 atom stereocenters. The summed E-state index contributed by atoms with van der Waals surface area (Å²) in [5.41, 5.74) is 2.33. The van der Waals surface area contributed by atoms with Gasteiger partial charge in [-0.3, -0.25) is 4.79 Å². The van der Waals surface area contributed by atoms with E-state index in [1.54, 1.807) is 0 Å². The van der Waals surface area contributed by atoms with Gasteiger partial charge in [0.05, 0.1) is 0 Å². The third-order valence-corrected chi connectivity index (χ3v) is 4.25. The van der Waals surface area contributed by atoms with Crippen LogP contribution in [0.5, 0.6) is 0 Å². The van der Waals surface area contributed by atoms with Gasteiger partial charge in [0.25, 0.3) is 5.91 Å². The number of anilines is 1. The average molecular weight is 325 g/mol. The van der Waals surface area contributed by atoms with Crippen LogP contribution in [0, 0.1) is 0 Å². The molecule has 0 N–H and O–H groups in total. The van der Waals surface area contributed by atoms with E-state index in [4.69, 9.17) is 0 Å². The summed E-state index contributed by atoms with van der Waals surface area (Å²) < 4.78 is 1.96. The van der Waals surface area contributed by atoms with Gasteiger partial charge in [-0.05, 0) is 29.5 Å². The topological polar surface area (TPSA) is 24.2 Å². The second-order valence-electron chi connectivity index (χ2n) is 5.67. The summed E-state index contributed by atoms with van der Waals surface area (Å²) in [7, 11) is 0. The standard InChI is InChI=1S/C19H17N2O.ClH/c22-19(21-12-10-16-6-3-4-8-18(16)21)14-20-11-9-15-5-1-2-7-17(15)13-20;/h1-9,11,13H,10,12,14H2;1H/q+1;/p-1. The van der Waals surface area contributed by atoms with Crippen LogP contribution in [0.2, 0.25) is 0 Å². The average Bonchev–Trinajstić information content (AvgIpc) is 2.99. The van der Waals surface area contributed by atoms with E-state index in [1.807, 2.05) is 52.2 Å². The lowest BCUT2D eigenvalue weighted by molar-refractivity contribution is -0.682. The first-order chi connectivity index (χ1) is 10.8. The molecule has 3 nitrogen and oxygen atoms in total. The van der Waals surface area contributed by atoms with Crippen molar-refractivity contribution in [3.05, 3.63) is 72.6 Å². The molecule has 0 aliphatic carbocycles. The van der Waals surface area contributed by atoms with Gasteiger partial charge in [-0.2, -0.15) is 4.57 Å². The first kappa shape index (κ1) is 15.5. The molecular weight excluding hydrogens is 308 g/mol. The Hall–Kier alpha value is -2.39. The minimum Gasteiger partial charge on any atom is -1.00 e. The quantitative estimate of drug-likeness (QED) is 0.595. The molecule has 0 bridgehead atoms. The Morgan fingerprint density at radius 3 is 2.61 bits per heavy atom. The zero-order valence-electron chi connectivity index (χ0n) is 12.7. The molecule has 1 aromatic heterocycles. The number of nitrogens with zero attached hydrogens (tertiary/aromatic N) is 2. The van der Waals surface area contributed by atoms with Gasteiger partial charge in [0.2, 0.25) is 6.54 Å². The Balaban J connectivity index is 0.00000156. The number of amides is 1. The Morgan fingerprint density at radius 1 is 1.00 bits per heavy atom. The second-order valence-corrected chi connectivity index (χ2v) is 5.67. The number of hydrogen-bond donors (Lipinski definition) is 0. The Morgan fingerprint density at radius 2 is 1.74 bits per heavy atom. The minimum atomic E-state index is 0. The van der Waals surface area contributed by atoms with Crippen LogP contribution >= 0.6 is 0 Å². The molecule has 2 aromatic carbocycles. The van der Waals surface area contributed by atoms with E-state index < -0.39 is 0 Å². The van der Waals surface area contributed by atoms with Crippen molar-refractivity contribution in [3.63, 3.8) is 0 Å². The second kappa shape index (κ2) is 6.39. The van der Waals surface area contributed by atoms with Gasteiger partial charge in [0.1, 0.15) is 0 Å². The number of hydrogen-bond acceptors (Lipinski definition) is 1. The molecule has 4 rings (SSSR count). The number of carbonyl (C=O) groups is 1. The SMILES string of the molecule is O=C(C[n+]1ccc2ccccc2c1)N1CCc2ccccc21.[Cl-]. The van der Waals surface area contributed by atoms with Crippen molar-refractivity contribution in [2.45, 2.75) is 13.0 Å². The van der Waals surface area contributed by atoms with Crippen molar-refractivity contribution in [2.24, 2.45) is 0 Å². The van der Waals surface area contributed by atoms with Crippen LogP contribution in [0.1, 0.15) is 5.56 Å². The first-order valence-electron chi connectivity index (χ1n) is 7.57. The van der Waals surface area contributed by atoms with E-state index in [-0.39, 0.29) is 18.3 Å². The number of para-hydroxylation sites is 1. The summed E-state index contributed by atoms with van der Waals surface area (Å²) >= 11 is 0. The molecule has 4 heteroatoms. The van der Waals surface area contributed by atoms with Gasteiger partial charge in [-0.1, -0.05) is 36.4 Å². The summed E-state index contributed by atoms with van der Waals surface area (Å²) in [5.74, 6) is 0.144. The van der Waals surface area contributed by atoms with E-state index in [1.165, 1.54) is 10.9 Å². The fourth-order valence-electron chi connectivity index (χ4n) is 3.12. The lowest BCUT2D eigenvalue weighted by Gasteiger charge is -2.15. The largest absolute Gasteiger partial charge is 1.00 e. The molecule has 0 fully saturated rings. The number of carbonyl (C=O) groups excluding carboxylic acids is 1. The van der Waals surface area contributed by atoms with Gasteiger partial charge in [-0.25, -0.2) is 0 Å². The molecule has 2 heterocycles. The molecule has 23 heavy (non-hydrogen) atoms. The van der Waals surface area contributed by atoms with E-state index in [0.717, 1.165) is 24.0 Å². The lowest BCUT2D eigenvalue weighted by Crippen LogP contribution is -3.00. The molecule has 1 aliphatic heterocycles. The van der Waals surface area contributed by atoms with E-state index >= 15 is 0 Å². The maximum atomic E-state index is 12.6. The normalized spacial score (nSPS) is 12.8. The van der Waals surface area contributed by atoms with E-state index in [2.05, 4.69) is 24.3 Å². The van der Waals surface area contributed by atoms with E-state index in [0.29, 0.717) is 6.54 Å². The van der Waals surface area contributed by atoms with Gasteiger partial charge < -0.3 is 17.3 Å². The summed E-state index contributed by atoms with van der Waals surface area (Å²) in [6.07, 6.45) is 4.96. The number of aromatic nitrogens is 1. The lowest BCUT2D eigenvalue weighted by atomic mass is 10.2. The van der Waals surface area contributed by atoms with Crippen LogP contribution in [0.4, 0.5) is 5.69 Å². The molecule has 1 amide bonds. The molecule has 0 radical (unpaired) electrons. The highest BCUT2D eigenvalue weighted by atomic mass is 35.5. The van der Waals surface area contributed by atoms with Crippen LogP contribution in [-0.4, -0.2) is 12.5 Å². The number of benzene rings is 2. The van der Waals surface area contributed by atoms with Crippen LogP contribution < -0.4 is 21.9 Å². The van der Waals surface area contributed by atoms with Crippen LogP contribution in [-0.2, 0) is 17.8 Å². The zero-order valence-corrected chi connectivity index (χ0v) is 13.4. The Bertz CT molecular complexity index is 863. The molecule has 0 saturated heterocycles. The molecule has 0 spiro atoms. The van der Waals surface area contributed by atoms with Gasteiger partial charge in [-0.15, -0.1) is 0 Å². The maximum absolute atomic E-state index is 12.6.